The van der Waals surface area contributed by atoms with Crippen molar-refractivity contribution in [3.8, 4) is 12.3 Å². The van der Waals surface area contributed by atoms with E-state index in [4.69, 9.17) is 6.42 Å². The topological polar surface area (TPSA) is 20.2 Å². The fraction of sp³-hybridized carbons (Fsp3) is 0.417. The van der Waals surface area contributed by atoms with Crippen LogP contribution in [-0.2, 0) is 0 Å². The zero-order chi connectivity index (χ0) is 9.90. The maximum Gasteiger partial charge on any atom is 0.0771 e. The van der Waals surface area contributed by atoms with Crippen LogP contribution in [0, 0.1) is 49.4 Å². The Morgan fingerprint density at radius 3 is 2.46 bits per heavy atom. The van der Waals surface area contributed by atoms with E-state index in [2.05, 4.69) is 5.92 Å². The Hall–Kier alpha value is -0.480. The van der Waals surface area contributed by atoms with Crippen molar-refractivity contribution < 1.29 is 5.11 Å². The van der Waals surface area contributed by atoms with E-state index in [1.54, 1.807) is 0 Å². The summed E-state index contributed by atoms with van der Waals surface area (Å²) in [6, 6.07) is 0. The van der Waals surface area contributed by atoms with Gasteiger partial charge in [0.1, 0.15) is 0 Å². The summed E-state index contributed by atoms with van der Waals surface area (Å²) in [5, 5.41) is 9.99. The van der Waals surface area contributed by atoms with Crippen LogP contribution >= 0.6 is 0 Å². The molecule has 1 aliphatic rings. The summed E-state index contributed by atoms with van der Waals surface area (Å²) in [6.07, 6.45) is 13.2. The number of aliphatic hydroxyl groups excluding tert-OH is 1. The summed E-state index contributed by atoms with van der Waals surface area (Å²) in [7, 11) is 0. The molecule has 0 aromatic carbocycles. The third kappa shape index (κ3) is 2.06. The highest BCUT2D eigenvalue weighted by Crippen LogP contribution is 2.37. The van der Waals surface area contributed by atoms with Gasteiger partial charge in [-0.2, -0.15) is 0 Å². The molecule has 0 aromatic heterocycles. The van der Waals surface area contributed by atoms with Gasteiger partial charge in [0.25, 0.3) is 0 Å². The Balaban J connectivity index is 2.64. The van der Waals surface area contributed by atoms with Crippen molar-refractivity contribution in [1.82, 2.24) is 0 Å². The van der Waals surface area contributed by atoms with Gasteiger partial charge in [0.05, 0.1) is 11.5 Å². The van der Waals surface area contributed by atoms with Crippen LogP contribution < -0.4 is 0 Å². The fourth-order valence-electron chi connectivity index (χ4n) is 1.31. The lowest BCUT2D eigenvalue weighted by molar-refractivity contribution is 0.0932. The van der Waals surface area contributed by atoms with Crippen LogP contribution in [0.15, 0.2) is 0 Å². The molecule has 0 aromatic rings. The van der Waals surface area contributed by atoms with E-state index in [9.17, 15) is 5.11 Å². The lowest BCUT2D eigenvalue weighted by Gasteiger charge is -2.31. The van der Waals surface area contributed by atoms with Crippen LogP contribution in [0.1, 0.15) is 20.3 Å². The van der Waals surface area contributed by atoms with Crippen molar-refractivity contribution in [3.05, 3.63) is 31.6 Å². The fourth-order valence-corrected chi connectivity index (χ4v) is 1.31. The van der Waals surface area contributed by atoms with E-state index in [0.717, 1.165) is 12.3 Å². The number of rotatable bonds is 3. The van der Waals surface area contributed by atoms with Crippen molar-refractivity contribution in [2.45, 2.75) is 26.4 Å². The molecule has 1 aliphatic carbocycles. The molecule has 1 rings (SSSR count). The molecule has 0 aliphatic heterocycles. The van der Waals surface area contributed by atoms with Gasteiger partial charge in [0, 0.05) is 5.92 Å². The van der Waals surface area contributed by atoms with Gasteiger partial charge in [0.2, 0.25) is 0 Å². The van der Waals surface area contributed by atoms with Gasteiger partial charge < -0.3 is 5.11 Å². The van der Waals surface area contributed by atoms with Gasteiger partial charge >= 0.3 is 0 Å². The normalized spacial score (nSPS) is 25.1. The molecule has 69 valence electrons. The molecule has 1 saturated carbocycles. The van der Waals surface area contributed by atoms with Crippen LogP contribution in [0.3, 0.4) is 0 Å². The van der Waals surface area contributed by atoms with Crippen molar-refractivity contribution in [1.29, 1.82) is 0 Å². The molecule has 5 radical (unpaired) electrons. The SMILES string of the molecule is C#CC(C)(CC)C(O)[C]1[CH][CH][CH][CH]1. The van der Waals surface area contributed by atoms with Crippen LogP contribution in [0.2, 0.25) is 0 Å². The maximum absolute atomic E-state index is 9.99. The number of hydrogen-bond donors (Lipinski definition) is 1. The predicted molar refractivity (Wildman–Crippen MR) is 53.7 cm³/mol. The lowest BCUT2D eigenvalue weighted by Crippen LogP contribution is -2.35. The summed E-state index contributed by atoms with van der Waals surface area (Å²) < 4.78 is 0. The molecule has 0 amide bonds. The van der Waals surface area contributed by atoms with Gasteiger partial charge in [-0.25, -0.2) is 0 Å². The first-order chi connectivity index (χ1) is 6.14. The van der Waals surface area contributed by atoms with Crippen LogP contribution in [-0.4, -0.2) is 11.2 Å². The van der Waals surface area contributed by atoms with Crippen molar-refractivity contribution in [2.75, 3.05) is 0 Å². The molecule has 1 heteroatoms. The third-order valence-electron chi connectivity index (χ3n) is 2.67. The quantitative estimate of drug-likeness (QED) is 0.648. The first-order valence-electron chi connectivity index (χ1n) is 4.51. The first-order valence-corrected chi connectivity index (χ1v) is 4.51. The summed E-state index contributed by atoms with van der Waals surface area (Å²) in [5.41, 5.74) is -0.450. The van der Waals surface area contributed by atoms with E-state index in [1.165, 1.54) is 0 Å². The van der Waals surface area contributed by atoms with Crippen molar-refractivity contribution in [2.24, 2.45) is 5.41 Å². The lowest BCUT2D eigenvalue weighted by atomic mass is 9.76. The second kappa shape index (κ2) is 4.15. The molecule has 1 nitrogen and oxygen atoms in total. The Kier molecular flexibility index (Phi) is 3.39. The van der Waals surface area contributed by atoms with E-state index in [1.807, 2.05) is 39.5 Å². The highest BCUT2D eigenvalue weighted by Gasteiger charge is 2.37. The van der Waals surface area contributed by atoms with Crippen molar-refractivity contribution >= 4 is 0 Å². The summed E-state index contributed by atoms with van der Waals surface area (Å²) in [4.78, 5) is 0. The van der Waals surface area contributed by atoms with Crippen LogP contribution in [0.5, 0.6) is 0 Å². The molecule has 0 heterocycles. The van der Waals surface area contributed by atoms with Crippen LogP contribution in [0.25, 0.3) is 0 Å². The van der Waals surface area contributed by atoms with E-state index < -0.39 is 11.5 Å². The minimum atomic E-state index is -0.558. The number of hydrogen-bond acceptors (Lipinski definition) is 1. The van der Waals surface area contributed by atoms with Crippen LogP contribution in [0.4, 0.5) is 0 Å². The molecule has 0 saturated heterocycles. The van der Waals surface area contributed by atoms with Gasteiger partial charge in [-0.1, -0.05) is 12.8 Å². The second-order valence-corrected chi connectivity index (χ2v) is 3.54. The third-order valence-corrected chi connectivity index (χ3v) is 2.67. The minimum absolute atomic E-state index is 0.450. The zero-order valence-corrected chi connectivity index (χ0v) is 8.12. The van der Waals surface area contributed by atoms with E-state index in [-0.39, 0.29) is 0 Å². The van der Waals surface area contributed by atoms with Gasteiger partial charge in [0.15, 0.2) is 0 Å². The van der Waals surface area contributed by atoms with Gasteiger partial charge in [-0.15, -0.1) is 6.42 Å². The largest absolute Gasteiger partial charge is 0.391 e. The van der Waals surface area contributed by atoms with Gasteiger partial charge in [-0.05, 0) is 39.0 Å². The monoisotopic (exact) mass is 175 g/mol. The highest BCUT2D eigenvalue weighted by atomic mass is 16.3. The van der Waals surface area contributed by atoms with E-state index >= 15 is 0 Å². The zero-order valence-electron chi connectivity index (χ0n) is 8.12. The second-order valence-electron chi connectivity index (χ2n) is 3.54. The Bertz CT molecular complexity index is 198. The molecule has 2 unspecified atom stereocenters. The van der Waals surface area contributed by atoms with E-state index in [0.29, 0.717) is 0 Å². The summed E-state index contributed by atoms with van der Waals surface area (Å²) in [6.45, 7) is 3.90. The highest BCUT2D eigenvalue weighted by molar-refractivity contribution is 5.39. The molecule has 0 bridgehead atoms. The summed E-state index contributed by atoms with van der Waals surface area (Å²) in [5.74, 6) is 3.57. The number of aliphatic hydroxyl groups is 1. The Labute approximate surface area is 81.5 Å². The average molecular weight is 175 g/mol. The standard InChI is InChI=1S/C12H15O/c1-4-12(3,5-2)11(13)10-8-6-7-9-10/h1,6-9,11,13H,5H2,2-3H3. The number of terminal acetylenes is 1. The molecule has 13 heavy (non-hydrogen) atoms. The first kappa shape index (κ1) is 10.6. The maximum atomic E-state index is 9.99. The molecule has 2 atom stereocenters. The molecule has 1 fully saturated rings. The van der Waals surface area contributed by atoms with Crippen molar-refractivity contribution in [3.63, 3.8) is 0 Å². The molecule has 0 spiro atoms. The smallest absolute Gasteiger partial charge is 0.0771 e. The molecule has 1 N–H and O–H groups in total. The predicted octanol–water partition coefficient (Wildman–Crippen LogP) is 1.80. The summed E-state index contributed by atoms with van der Waals surface area (Å²) >= 11 is 0. The Morgan fingerprint density at radius 2 is 2.08 bits per heavy atom. The van der Waals surface area contributed by atoms with Gasteiger partial charge in [-0.3, -0.25) is 0 Å². The minimum Gasteiger partial charge on any atom is -0.391 e. The average Bonchev–Trinajstić information content (AvgIpc) is 2.68. The molecular formula is C12H15O. The Morgan fingerprint density at radius 1 is 1.54 bits per heavy atom. The molecular weight excluding hydrogens is 160 g/mol.